The number of hydrogen-bond acceptors (Lipinski definition) is 7. The zero-order valence-corrected chi connectivity index (χ0v) is 13.0. The fraction of sp³-hybridized carbons (Fsp3) is 0.308. The van der Waals surface area contributed by atoms with Crippen molar-refractivity contribution < 1.29 is 46.9 Å². The van der Waals surface area contributed by atoms with Gasteiger partial charge in [-0.3, -0.25) is 0 Å². The minimum Gasteiger partial charge on any atom is -0.450 e. The van der Waals surface area contributed by atoms with Gasteiger partial charge in [0.05, 0.1) is 5.56 Å². The molecular weight excluding hydrogens is 371 g/mol. The minimum atomic E-state index is -4.52. The predicted octanol–water partition coefficient (Wildman–Crippen LogP) is 3.70. The number of hydrogen-bond donors (Lipinski definition) is 2. The van der Waals surface area contributed by atoms with Crippen LogP contribution in [0, 0.1) is 0 Å². The number of alkyl halides is 3. The Bertz CT molecular complexity index is 777. The third kappa shape index (κ3) is 5.45. The zero-order valence-electron chi connectivity index (χ0n) is 12.1. The van der Waals surface area contributed by atoms with Crippen LogP contribution in [0.2, 0.25) is 0 Å². The van der Waals surface area contributed by atoms with Crippen molar-refractivity contribution in [1.82, 2.24) is 4.98 Å². The number of ether oxygens (including phenoxy) is 2. The summed E-state index contributed by atoms with van der Waals surface area (Å²) in [5.74, 6) is -0.113. The molecular formula is C13H10F3NO7S. The van der Waals surface area contributed by atoms with Crippen molar-refractivity contribution in [3.8, 4) is 0 Å². The number of oxazole rings is 1. The average Bonchev–Trinajstić information content (AvgIpc) is 2.90. The van der Waals surface area contributed by atoms with Crippen LogP contribution in [0.15, 0.2) is 27.8 Å². The molecule has 0 radical (unpaired) electrons. The van der Waals surface area contributed by atoms with E-state index in [2.05, 4.69) is 14.5 Å². The van der Waals surface area contributed by atoms with E-state index in [0.29, 0.717) is 0 Å². The first kappa shape index (κ1) is 18.7. The first-order valence-corrected chi connectivity index (χ1v) is 7.49. The van der Waals surface area contributed by atoms with Gasteiger partial charge >= 0.3 is 18.5 Å². The Hall–Kier alpha value is -2.63. The fourth-order valence-electron chi connectivity index (χ4n) is 1.73. The van der Waals surface area contributed by atoms with Crippen LogP contribution in [0.5, 0.6) is 0 Å². The number of carbonyl (C=O) groups is 2. The SMILES string of the molecule is O=C(O)OCC(CSc1nc2ccc(C(F)(F)F)cc2o1)OC(=O)O. The fourth-order valence-corrected chi connectivity index (χ4v) is 2.53. The van der Waals surface area contributed by atoms with Crippen LogP contribution in [0.1, 0.15) is 5.56 Å². The Balaban J connectivity index is 2.07. The summed E-state index contributed by atoms with van der Waals surface area (Å²) in [5.41, 5.74) is -0.794. The van der Waals surface area contributed by atoms with E-state index in [9.17, 15) is 22.8 Å². The Labute approximate surface area is 141 Å². The van der Waals surface area contributed by atoms with Gasteiger partial charge in [-0.2, -0.15) is 13.2 Å². The number of nitrogens with zero attached hydrogens (tertiary/aromatic N) is 1. The van der Waals surface area contributed by atoms with Crippen molar-refractivity contribution in [3.63, 3.8) is 0 Å². The maximum atomic E-state index is 12.6. The summed E-state index contributed by atoms with van der Waals surface area (Å²) in [6.45, 7) is -0.549. The van der Waals surface area contributed by atoms with Crippen molar-refractivity contribution in [2.45, 2.75) is 17.5 Å². The molecule has 2 rings (SSSR count). The quantitative estimate of drug-likeness (QED) is 0.570. The molecule has 0 saturated carbocycles. The molecule has 1 unspecified atom stereocenters. The Morgan fingerprint density at radius 3 is 2.60 bits per heavy atom. The standard InChI is InChI=1S/C13H10F3NO7S/c14-13(15,16)6-1-2-8-9(3-6)24-10(17-8)25-5-7(23-12(20)21)4-22-11(18)19/h1-3,7H,4-5H2,(H,18,19)(H,20,21). The molecule has 0 fully saturated rings. The molecule has 136 valence electrons. The van der Waals surface area contributed by atoms with E-state index in [1.54, 1.807) is 0 Å². The van der Waals surface area contributed by atoms with E-state index in [1.807, 2.05) is 0 Å². The molecule has 0 aliphatic carbocycles. The van der Waals surface area contributed by atoms with Gasteiger partial charge < -0.3 is 24.1 Å². The molecule has 25 heavy (non-hydrogen) atoms. The van der Waals surface area contributed by atoms with E-state index in [1.165, 1.54) is 0 Å². The summed E-state index contributed by atoms with van der Waals surface area (Å²) in [7, 11) is 0. The van der Waals surface area contributed by atoms with Gasteiger partial charge in [0, 0.05) is 5.75 Å². The molecule has 1 aromatic heterocycles. The highest BCUT2D eigenvalue weighted by Crippen LogP contribution is 2.32. The van der Waals surface area contributed by atoms with Crippen LogP contribution in [-0.2, 0) is 15.7 Å². The zero-order chi connectivity index (χ0) is 18.6. The Kier molecular flexibility index (Phi) is 5.62. The van der Waals surface area contributed by atoms with Crippen molar-refractivity contribution in [2.75, 3.05) is 12.4 Å². The topological polar surface area (TPSA) is 119 Å². The molecule has 2 N–H and O–H groups in total. The second-order valence-corrected chi connectivity index (χ2v) is 5.52. The maximum Gasteiger partial charge on any atom is 0.506 e. The molecule has 0 amide bonds. The normalized spacial score (nSPS) is 12.8. The van der Waals surface area contributed by atoms with Crippen LogP contribution >= 0.6 is 11.8 Å². The molecule has 0 saturated heterocycles. The van der Waals surface area contributed by atoms with Gasteiger partial charge in [0.2, 0.25) is 0 Å². The highest BCUT2D eigenvalue weighted by Gasteiger charge is 2.31. The molecule has 1 heterocycles. The molecule has 2 aromatic rings. The smallest absolute Gasteiger partial charge is 0.450 e. The van der Waals surface area contributed by atoms with E-state index in [-0.39, 0.29) is 22.1 Å². The predicted molar refractivity (Wildman–Crippen MR) is 76.6 cm³/mol. The molecule has 12 heteroatoms. The summed E-state index contributed by atoms with van der Waals surface area (Å²) < 4.78 is 51.8. The number of thioether (sulfide) groups is 1. The second kappa shape index (κ2) is 7.51. The van der Waals surface area contributed by atoms with Gasteiger partial charge in [-0.05, 0) is 18.2 Å². The van der Waals surface area contributed by atoms with Crippen LogP contribution in [0.4, 0.5) is 22.8 Å². The van der Waals surface area contributed by atoms with Crippen LogP contribution in [0.25, 0.3) is 11.1 Å². The summed E-state index contributed by atoms with van der Waals surface area (Å²) in [6, 6.07) is 2.80. The molecule has 0 spiro atoms. The number of benzene rings is 1. The maximum absolute atomic E-state index is 12.6. The number of rotatable bonds is 6. The average molecular weight is 381 g/mol. The molecule has 0 aliphatic heterocycles. The molecule has 0 aliphatic rings. The lowest BCUT2D eigenvalue weighted by Gasteiger charge is -2.13. The number of carboxylic acid groups (broad SMARTS) is 2. The van der Waals surface area contributed by atoms with Crippen LogP contribution in [-0.4, -0.2) is 46.0 Å². The van der Waals surface area contributed by atoms with Crippen molar-refractivity contribution in [2.24, 2.45) is 0 Å². The first-order valence-electron chi connectivity index (χ1n) is 6.51. The largest absolute Gasteiger partial charge is 0.506 e. The Morgan fingerprint density at radius 2 is 2.00 bits per heavy atom. The molecule has 1 atom stereocenters. The molecule has 0 bridgehead atoms. The highest BCUT2D eigenvalue weighted by atomic mass is 32.2. The second-order valence-electron chi connectivity index (χ2n) is 4.55. The lowest BCUT2D eigenvalue weighted by molar-refractivity contribution is -0.137. The van der Waals surface area contributed by atoms with Crippen molar-refractivity contribution in [3.05, 3.63) is 23.8 Å². The van der Waals surface area contributed by atoms with Crippen molar-refractivity contribution in [1.29, 1.82) is 0 Å². The summed E-state index contributed by atoms with van der Waals surface area (Å²) in [4.78, 5) is 24.8. The highest BCUT2D eigenvalue weighted by molar-refractivity contribution is 7.99. The van der Waals surface area contributed by atoms with E-state index >= 15 is 0 Å². The summed E-state index contributed by atoms with van der Waals surface area (Å²) in [5, 5.41) is 17.0. The van der Waals surface area contributed by atoms with Gasteiger partial charge in [-0.15, -0.1) is 0 Å². The third-order valence-electron chi connectivity index (χ3n) is 2.75. The van der Waals surface area contributed by atoms with Gasteiger partial charge in [0.15, 0.2) is 5.58 Å². The van der Waals surface area contributed by atoms with Crippen LogP contribution in [0.3, 0.4) is 0 Å². The number of halogens is 3. The summed E-state index contributed by atoms with van der Waals surface area (Å²) >= 11 is 0.841. The lowest BCUT2D eigenvalue weighted by atomic mass is 10.2. The van der Waals surface area contributed by atoms with Gasteiger partial charge in [0.1, 0.15) is 18.2 Å². The monoisotopic (exact) mass is 381 g/mol. The number of fused-ring (bicyclic) bond motifs is 1. The molecule has 8 nitrogen and oxygen atoms in total. The van der Waals surface area contributed by atoms with Crippen LogP contribution < -0.4 is 0 Å². The number of aromatic nitrogens is 1. The molecule has 1 aromatic carbocycles. The lowest BCUT2D eigenvalue weighted by Crippen LogP contribution is -2.26. The first-order chi connectivity index (χ1) is 11.6. The van der Waals surface area contributed by atoms with Crippen molar-refractivity contribution >= 4 is 35.2 Å². The van der Waals surface area contributed by atoms with E-state index < -0.39 is 36.8 Å². The van der Waals surface area contributed by atoms with E-state index in [4.69, 9.17) is 14.6 Å². The minimum absolute atomic E-state index is 0.0244. The summed E-state index contributed by atoms with van der Waals surface area (Å²) in [6.07, 6.45) is -8.90. The Morgan fingerprint density at radius 1 is 1.28 bits per heavy atom. The third-order valence-corrected chi connectivity index (χ3v) is 3.71. The van der Waals surface area contributed by atoms with Gasteiger partial charge in [0.25, 0.3) is 5.22 Å². The van der Waals surface area contributed by atoms with Gasteiger partial charge in [-0.25, -0.2) is 14.6 Å². The van der Waals surface area contributed by atoms with E-state index in [0.717, 1.165) is 30.0 Å². The van der Waals surface area contributed by atoms with Gasteiger partial charge in [-0.1, -0.05) is 11.8 Å².